The molecule has 0 aliphatic heterocycles. The second-order valence-electron chi connectivity index (χ2n) is 10.1. The summed E-state index contributed by atoms with van der Waals surface area (Å²) in [6, 6.07) is -2.70. The maximum atomic E-state index is 13.3. The zero-order valence-electron chi connectivity index (χ0n) is 24.6. The lowest BCUT2D eigenvalue weighted by Gasteiger charge is -2.27. The van der Waals surface area contributed by atoms with Crippen LogP contribution in [0.4, 0.5) is 0 Å². The van der Waals surface area contributed by atoms with E-state index in [2.05, 4.69) is 26.6 Å². The molecule has 0 unspecified atom stereocenters. The topological polar surface area (TPSA) is 290 Å². The molecule has 5 amide bonds. The van der Waals surface area contributed by atoms with E-state index in [-0.39, 0.29) is 12.2 Å². The highest BCUT2D eigenvalue weighted by Gasteiger charge is 2.33. The Morgan fingerprint density at radius 1 is 0.705 bits per heavy atom. The number of amides is 5. The van der Waals surface area contributed by atoms with Gasteiger partial charge in [0.25, 0.3) is 0 Å². The van der Waals surface area contributed by atoms with Crippen molar-refractivity contribution in [3.8, 4) is 5.75 Å². The molecule has 0 heterocycles. The summed E-state index contributed by atoms with van der Waals surface area (Å²) < 4.78 is 0. The monoisotopic (exact) mass is 626 g/mol. The number of hydrogen-bond donors (Lipinski definition) is 11. The molecule has 17 nitrogen and oxygen atoms in total. The third-order valence-corrected chi connectivity index (χ3v) is 6.70. The highest BCUT2D eigenvalue weighted by molar-refractivity contribution is 5.96. The van der Waals surface area contributed by atoms with E-state index in [1.807, 2.05) is 0 Å². The number of carbonyl (C=O) groups excluding carboxylic acids is 5. The van der Waals surface area contributed by atoms with E-state index in [1.54, 1.807) is 13.8 Å². The lowest BCUT2D eigenvalue weighted by atomic mass is 9.97. The van der Waals surface area contributed by atoms with Crippen molar-refractivity contribution in [2.24, 2.45) is 11.7 Å². The Morgan fingerprint density at radius 2 is 1.23 bits per heavy atom. The van der Waals surface area contributed by atoms with Gasteiger partial charge in [-0.3, -0.25) is 24.0 Å². The predicted octanol–water partition coefficient (Wildman–Crippen LogP) is -4.19. The zero-order chi connectivity index (χ0) is 33.6. The van der Waals surface area contributed by atoms with Crippen molar-refractivity contribution in [2.75, 3.05) is 19.8 Å². The normalized spacial score (nSPS) is 15.7. The number of nitrogens with one attached hydrogen (secondary N) is 5. The van der Waals surface area contributed by atoms with Gasteiger partial charge in [-0.05, 0) is 30.5 Å². The quantitative estimate of drug-likeness (QED) is 0.0740. The number of aromatic hydroxyl groups is 1. The predicted molar refractivity (Wildman–Crippen MR) is 153 cm³/mol. The van der Waals surface area contributed by atoms with Crippen molar-refractivity contribution in [2.45, 2.75) is 69.9 Å². The molecule has 0 fully saturated rings. The lowest BCUT2D eigenvalue weighted by Crippen LogP contribution is -2.60. The number of carbonyl (C=O) groups is 6. The Morgan fingerprint density at radius 3 is 1.73 bits per heavy atom. The van der Waals surface area contributed by atoms with Crippen molar-refractivity contribution in [1.82, 2.24) is 26.6 Å². The molecule has 0 spiro atoms. The summed E-state index contributed by atoms with van der Waals surface area (Å²) in [6.45, 7) is 2.20. The number of aliphatic carboxylic acids is 1. The van der Waals surface area contributed by atoms with Crippen LogP contribution in [0.5, 0.6) is 5.75 Å². The van der Waals surface area contributed by atoms with Crippen LogP contribution >= 0.6 is 0 Å². The van der Waals surface area contributed by atoms with Crippen molar-refractivity contribution < 1.29 is 54.3 Å². The van der Waals surface area contributed by atoms with Gasteiger partial charge in [-0.1, -0.05) is 32.4 Å². The van der Waals surface area contributed by atoms with E-state index in [0.717, 1.165) is 0 Å². The summed E-state index contributed by atoms with van der Waals surface area (Å²) in [5.41, 5.74) is 5.91. The van der Waals surface area contributed by atoms with E-state index in [4.69, 9.17) is 15.9 Å². The Hall–Kier alpha value is -4.32. The van der Waals surface area contributed by atoms with E-state index < -0.39 is 97.5 Å². The minimum atomic E-state index is -1.60. The summed E-state index contributed by atoms with van der Waals surface area (Å²) >= 11 is 0. The third kappa shape index (κ3) is 11.8. The van der Waals surface area contributed by atoms with Crippen LogP contribution in [0, 0.1) is 5.92 Å². The second kappa shape index (κ2) is 18.4. The van der Waals surface area contributed by atoms with Gasteiger partial charge < -0.3 is 57.9 Å². The van der Waals surface area contributed by atoms with Crippen LogP contribution in [0.3, 0.4) is 0 Å². The molecule has 0 radical (unpaired) electrons. The number of benzene rings is 1. The highest BCUT2D eigenvalue weighted by atomic mass is 16.4. The number of nitrogens with two attached hydrogens (primary N) is 1. The average molecular weight is 627 g/mol. The molecule has 246 valence electrons. The molecule has 12 N–H and O–H groups in total. The van der Waals surface area contributed by atoms with Gasteiger partial charge in [0.05, 0.1) is 19.8 Å². The van der Waals surface area contributed by atoms with Gasteiger partial charge in [-0.2, -0.15) is 0 Å². The third-order valence-electron chi connectivity index (χ3n) is 6.70. The molecule has 0 saturated heterocycles. The number of carboxylic acid groups (broad SMARTS) is 1. The van der Waals surface area contributed by atoms with Crippen molar-refractivity contribution in [3.63, 3.8) is 0 Å². The van der Waals surface area contributed by atoms with E-state index in [1.165, 1.54) is 31.2 Å². The molecule has 1 aromatic rings. The van der Waals surface area contributed by atoms with Crippen LogP contribution in [-0.4, -0.2) is 117 Å². The van der Waals surface area contributed by atoms with E-state index in [9.17, 15) is 44.1 Å². The largest absolute Gasteiger partial charge is 0.508 e. The number of carboxylic acids is 1. The Kier molecular flexibility index (Phi) is 15.7. The second-order valence-corrected chi connectivity index (χ2v) is 10.1. The minimum absolute atomic E-state index is 0.0547. The van der Waals surface area contributed by atoms with Crippen molar-refractivity contribution >= 4 is 35.5 Å². The van der Waals surface area contributed by atoms with Gasteiger partial charge in [-0.15, -0.1) is 0 Å². The number of hydrogen-bond acceptors (Lipinski definition) is 11. The standard InChI is InChI=1S/C27H42N6O11/c1-4-13(2)21(26(42)32-20(12-36)27(43)44)33-22(38)14(3)29-24(40)18(9-15-5-7-16(37)8-6-15)30-25(41)19(11-35)31-23(39)17(28)10-34/h5-8,13-14,17-21,34-37H,4,9-12,28H2,1-3H3,(H,29,40)(H,30,41)(H,31,39)(H,32,42)(H,33,38)(H,43,44)/t13-,14-,17-,18-,19-,20-,21-/m0/s1. The van der Waals surface area contributed by atoms with E-state index >= 15 is 0 Å². The van der Waals surface area contributed by atoms with Crippen molar-refractivity contribution in [1.29, 1.82) is 0 Å². The van der Waals surface area contributed by atoms with Gasteiger partial charge in [0.1, 0.15) is 42.0 Å². The molecule has 44 heavy (non-hydrogen) atoms. The molecule has 1 rings (SSSR count). The highest BCUT2D eigenvalue weighted by Crippen LogP contribution is 2.12. The molecule has 0 aliphatic rings. The number of aliphatic hydroxyl groups excluding tert-OH is 3. The van der Waals surface area contributed by atoms with Crippen molar-refractivity contribution in [3.05, 3.63) is 29.8 Å². The fraction of sp³-hybridized carbons (Fsp3) is 0.556. The minimum Gasteiger partial charge on any atom is -0.508 e. The molecule has 0 aromatic heterocycles. The van der Waals surface area contributed by atoms with E-state index in [0.29, 0.717) is 12.0 Å². The summed E-state index contributed by atoms with van der Waals surface area (Å²) in [6.07, 6.45) is 0.257. The molecule has 17 heteroatoms. The maximum Gasteiger partial charge on any atom is 0.328 e. The Balaban J connectivity index is 3.12. The van der Waals surface area contributed by atoms with Gasteiger partial charge in [0, 0.05) is 6.42 Å². The molecular formula is C27H42N6O11. The SMILES string of the molecule is CC[C@H](C)[C@H](NC(=O)[C@H](C)NC(=O)[C@H](Cc1ccc(O)cc1)NC(=O)[C@H](CO)NC(=O)[C@@H](N)CO)C(=O)N[C@@H](CO)C(=O)O. The van der Waals surface area contributed by atoms with Crippen LogP contribution in [0.2, 0.25) is 0 Å². The first-order chi connectivity index (χ1) is 20.7. The van der Waals surface area contributed by atoms with Gasteiger partial charge in [-0.25, -0.2) is 4.79 Å². The van der Waals surface area contributed by atoms with Gasteiger partial charge in [0.15, 0.2) is 0 Å². The fourth-order valence-electron chi connectivity index (χ4n) is 3.71. The molecule has 7 atom stereocenters. The molecule has 0 saturated carbocycles. The average Bonchev–Trinajstić information content (AvgIpc) is 3.00. The van der Waals surface area contributed by atoms with Crippen LogP contribution in [0.25, 0.3) is 0 Å². The lowest BCUT2D eigenvalue weighted by molar-refractivity contribution is -0.143. The smallest absolute Gasteiger partial charge is 0.328 e. The molecule has 0 aliphatic carbocycles. The van der Waals surface area contributed by atoms with Crippen LogP contribution in [-0.2, 0) is 35.2 Å². The zero-order valence-corrected chi connectivity index (χ0v) is 24.6. The van der Waals surface area contributed by atoms with Crippen LogP contribution < -0.4 is 32.3 Å². The Labute approximate surface area is 253 Å². The first-order valence-corrected chi connectivity index (χ1v) is 13.8. The Bertz CT molecular complexity index is 1150. The van der Waals surface area contributed by atoms with Crippen LogP contribution in [0.1, 0.15) is 32.8 Å². The first kappa shape index (κ1) is 37.7. The van der Waals surface area contributed by atoms with Gasteiger partial charge >= 0.3 is 5.97 Å². The number of aliphatic hydroxyl groups is 3. The maximum absolute atomic E-state index is 13.3. The number of phenols is 1. The van der Waals surface area contributed by atoms with Crippen LogP contribution in [0.15, 0.2) is 24.3 Å². The molecule has 1 aromatic carbocycles. The number of rotatable bonds is 18. The first-order valence-electron chi connectivity index (χ1n) is 13.8. The summed E-state index contributed by atoms with van der Waals surface area (Å²) in [5, 5.41) is 58.2. The molecule has 0 bridgehead atoms. The number of phenolic OH excluding ortho intramolecular Hbond substituents is 1. The fourth-order valence-corrected chi connectivity index (χ4v) is 3.71. The summed E-state index contributed by atoms with van der Waals surface area (Å²) in [4.78, 5) is 75.2. The summed E-state index contributed by atoms with van der Waals surface area (Å²) in [5.74, 6) is -6.45. The van der Waals surface area contributed by atoms with Gasteiger partial charge in [0.2, 0.25) is 29.5 Å². The summed E-state index contributed by atoms with van der Waals surface area (Å²) in [7, 11) is 0. The molecular weight excluding hydrogens is 584 g/mol.